The lowest BCUT2D eigenvalue weighted by Gasteiger charge is -2.16. The first-order valence-electron chi connectivity index (χ1n) is 7.26. The highest BCUT2D eigenvalue weighted by Crippen LogP contribution is 2.31. The molecule has 0 saturated carbocycles. The fraction of sp³-hybridized carbons (Fsp3) is 0.111. The first kappa shape index (κ1) is 17.0. The van der Waals surface area contributed by atoms with Crippen molar-refractivity contribution in [1.82, 2.24) is 0 Å². The second kappa shape index (κ2) is 6.57. The molecule has 4 nitrogen and oxygen atoms in total. The SMILES string of the molecule is Cc1cc(C)cc(N2C(=O)C(Cl)=C(Nc3ccc(I)cc3)C2=O)c1. The van der Waals surface area contributed by atoms with Crippen LogP contribution in [0.25, 0.3) is 0 Å². The highest BCUT2D eigenvalue weighted by Gasteiger charge is 2.39. The zero-order valence-electron chi connectivity index (χ0n) is 13.1. The number of carbonyl (C=O) groups is 2. The van der Waals surface area contributed by atoms with Gasteiger partial charge in [-0.05, 0) is 84.0 Å². The van der Waals surface area contributed by atoms with E-state index in [0.717, 1.165) is 19.6 Å². The molecule has 1 aliphatic heterocycles. The Morgan fingerprint density at radius 1 is 0.958 bits per heavy atom. The van der Waals surface area contributed by atoms with Crippen LogP contribution < -0.4 is 10.2 Å². The van der Waals surface area contributed by atoms with Crippen molar-refractivity contribution in [3.63, 3.8) is 0 Å². The number of aryl methyl sites for hydroxylation is 2. The van der Waals surface area contributed by atoms with E-state index in [-0.39, 0.29) is 10.7 Å². The number of rotatable bonds is 3. The van der Waals surface area contributed by atoms with Crippen LogP contribution in [0.5, 0.6) is 0 Å². The molecule has 122 valence electrons. The average molecular weight is 453 g/mol. The fourth-order valence-corrected chi connectivity index (χ4v) is 3.18. The van der Waals surface area contributed by atoms with Crippen LogP contribution in [0.15, 0.2) is 53.2 Å². The van der Waals surface area contributed by atoms with Crippen LogP contribution in [0.4, 0.5) is 11.4 Å². The summed E-state index contributed by atoms with van der Waals surface area (Å²) in [5, 5.41) is 2.86. The van der Waals surface area contributed by atoms with Crippen LogP contribution in [0.2, 0.25) is 0 Å². The minimum atomic E-state index is -0.514. The third kappa shape index (κ3) is 3.18. The van der Waals surface area contributed by atoms with E-state index in [0.29, 0.717) is 11.4 Å². The Hall–Kier alpha value is -1.86. The molecule has 24 heavy (non-hydrogen) atoms. The number of carbonyl (C=O) groups excluding carboxylic acids is 2. The monoisotopic (exact) mass is 452 g/mol. The van der Waals surface area contributed by atoms with E-state index < -0.39 is 11.8 Å². The largest absolute Gasteiger partial charge is 0.350 e. The van der Waals surface area contributed by atoms with Gasteiger partial charge in [-0.25, -0.2) is 4.90 Å². The molecule has 2 aromatic rings. The Morgan fingerprint density at radius 2 is 1.54 bits per heavy atom. The lowest BCUT2D eigenvalue weighted by atomic mass is 10.1. The van der Waals surface area contributed by atoms with Gasteiger partial charge in [-0.1, -0.05) is 17.7 Å². The first-order chi connectivity index (χ1) is 11.4. The van der Waals surface area contributed by atoms with Crippen molar-refractivity contribution in [2.24, 2.45) is 0 Å². The molecule has 0 aliphatic carbocycles. The Morgan fingerprint density at radius 3 is 2.12 bits per heavy atom. The minimum absolute atomic E-state index is 0.0991. The molecule has 0 spiro atoms. The van der Waals surface area contributed by atoms with Gasteiger partial charge in [0, 0.05) is 9.26 Å². The van der Waals surface area contributed by atoms with Gasteiger partial charge < -0.3 is 5.32 Å². The molecule has 0 atom stereocenters. The molecule has 0 aromatic heterocycles. The van der Waals surface area contributed by atoms with Gasteiger partial charge in [0.25, 0.3) is 11.8 Å². The number of nitrogens with zero attached hydrogens (tertiary/aromatic N) is 1. The molecule has 3 rings (SSSR count). The minimum Gasteiger partial charge on any atom is -0.350 e. The summed E-state index contributed by atoms with van der Waals surface area (Å²) in [5.41, 5.74) is 3.27. The van der Waals surface area contributed by atoms with Crippen LogP contribution in [0.1, 0.15) is 11.1 Å². The summed E-state index contributed by atoms with van der Waals surface area (Å²) >= 11 is 8.33. The second-order valence-electron chi connectivity index (χ2n) is 5.61. The predicted molar refractivity (Wildman–Crippen MR) is 104 cm³/mol. The standard InChI is InChI=1S/C18H14ClIN2O2/c1-10-7-11(2)9-14(8-10)22-17(23)15(19)16(18(22)24)21-13-5-3-12(20)4-6-13/h3-9,21H,1-2H3. The van der Waals surface area contributed by atoms with E-state index in [9.17, 15) is 9.59 Å². The molecule has 0 fully saturated rings. The number of benzene rings is 2. The maximum absolute atomic E-state index is 12.7. The number of hydrogen-bond donors (Lipinski definition) is 1. The van der Waals surface area contributed by atoms with Crippen LogP contribution in [0, 0.1) is 17.4 Å². The third-order valence-electron chi connectivity index (χ3n) is 3.61. The first-order valence-corrected chi connectivity index (χ1v) is 8.72. The summed E-state index contributed by atoms with van der Waals surface area (Å²) in [4.78, 5) is 26.3. The summed E-state index contributed by atoms with van der Waals surface area (Å²) in [6.07, 6.45) is 0. The predicted octanol–water partition coefficient (Wildman–Crippen LogP) is 4.34. The van der Waals surface area contributed by atoms with Gasteiger partial charge in [-0.3, -0.25) is 9.59 Å². The molecule has 0 bridgehead atoms. The second-order valence-corrected chi connectivity index (χ2v) is 7.24. The summed E-state index contributed by atoms with van der Waals surface area (Å²) in [5.74, 6) is -0.965. The van der Waals surface area contributed by atoms with Crippen molar-refractivity contribution in [1.29, 1.82) is 0 Å². The zero-order chi connectivity index (χ0) is 17.4. The van der Waals surface area contributed by atoms with Gasteiger partial charge in [-0.15, -0.1) is 0 Å². The topological polar surface area (TPSA) is 49.4 Å². The van der Waals surface area contributed by atoms with Gasteiger partial charge in [-0.2, -0.15) is 0 Å². The van der Waals surface area contributed by atoms with Gasteiger partial charge in [0.15, 0.2) is 0 Å². The van der Waals surface area contributed by atoms with Crippen molar-refractivity contribution >= 4 is 57.4 Å². The van der Waals surface area contributed by atoms with Crippen LogP contribution in [-0.2, 0) is 9.59 Å². The molecule has 2 amide bonds. The molecule has 1 aliphatic rings. The Balaban J connectivity index is 1.94. The highest BCUT2D eigenvalue weighted by atomic mass is 127. The van der Waals surface area contributed by atoms with E-state index >= 15 is 0 Å². The van der Waals surface area contributed by atoms with Gasteiger partial charge in [0.1, 0.15) is 10.7 Å². The lowest BCUT2D eigenvalue weighted by molar-refractivity contribution is -0.120. The molecule has 2 aromatic carbocycles. The maximum atomic E-state index is 12.7. The van der Waals surface area contributed by atoms with Gasteiger partial charge in [0.05, 0.1) is 5.69 Å². The van der Waals surface area contributed by atoms with E-state index in [2.05, 4.69) is 27.9 Å². The Labute approximate surface area is 158 Å². The molecular weight excluding hydrogens is 439 g/mol. The van der Waals surface area contributed by atoms with Gasteiger partial charge >= 0.3 is 0 Å². The highest BCUT2D eigenvalue weighted by molar-refractivity contribution is 14.1. The molecule has 0 saturated heterocycles. The van der Waals surface area contributed by atoms with Crippen LogP contribution >= 0.6 is 34.2 Å². The molecule has 6 heteroatoms. The zero-order valence-corrected chi connectivity index (χ0v) is 16.0. The Kier molecular flexibility index (Phi) is 4.64. The fourth-order valence-electron chi connectivity index (χ4n) is 2.60. The van der Waals surface area contributed by atoms with Crippen LogP contribution in [0.3, 0.4) is 0 Å². The molecule has 0 unspecified atom stereocenters. The van der Waals surface area contributed by atoms with E-state index in [4.69, 9.17) is 11.6 Å². The van der Waals surface area contributed by atoms with E-state index in [1.807, 2.05) is 44.2 Å². The number of imide groups is 1. The number of hydrogen-bond acceptors (Lipinski definition) is 3. The molecular formula is C18H14ClIN2O2. The van der Waals surface area contributed by atoms with Gasteiger partial charge in [0.2, 0.25) is 0 Å². The normalized spacial score (nSPS) is 14.6. The molecule has 1 heterocycles. The molecule has 1 N–H and O–H groups in total. The van der Waals surface area contributed by atoms with Crippen molar-refractivity contribution < 1.29 is 9.59 Å². The summed E-state index contributed by atoms with van der Waals surface area (Å²) in [6.45, 7) is 3.84. The number of amides is 2. The van der Waals surface area contributed by atoms with Crippen molar-refractivity contribution in [3.05, 3.63) is 67.9 Å². The van der Waals surface area contributed by atoms with Crippen molar-refractivity contribution in [2.75, 3.05) is 10.2 Å². The molecule has 0 radical (unpaired) electrons. The van der Waals surface area contributed by atoms with E-state index in [1.165, 1.54) is 0 Å². The van der Waals surface area contributed by atoms with Crippen LogP contribution in [-0.4, -0.2) is 11.8 Å². The van der Waals surface area contributed by atoms with Crippen molar-refractivity contribution in [3.8, 4) is 0 Å². The number of nitrogens with one attached hydrogen (secondary N) is 1. The lowest BCUT2D eigenvalue weighted by Crippen LogP contribution is -2.32. The quantitative estimate of drug-likeness (QED) is 0.557. The van der Waals surface area contributed by atoms with E-state index in [1.54, 1.807) is 12.1 Å². The maximum Gasteiger partial charge on any atom is 0.283 e. The Bertz CT molecular complexity index is 855. The summed E-state index contributed by atoms with van der Waals surface area (Å²) in [6, 6.07) is 13.0. The third-order valence-corrected chi connectivity index (χ3v) is 4.68. The van der Waals surface area contributed by atoms with Crippen molar-refractivity contribution in [2.45, 2.75) is 13.8 Å². The summed E-state index contributed by atoms with van der Waals surface area (Å²) in [7, 11) is 0. The number of halogens is 2. The summed E-state index contributed by atoms with van der Waals surface area (Å²) < 4.78 is 1.07. The number of anilines is 2. The average Bonchev–Trinajstić information content (AvgIpc) is 2.72. The smallest absolute Gasteiger partial charge is 0.283 e.